The molecule has 0 unspecified atom stereocenters. The molecule has 2 heterocycles. The molecule has 0 aliphatic carbocycles. The van der Waals surface area contributed by atoms with Crippen LogP contribution in [0.1, 0.15) is 10.4 Å². The molecule has 0 bridgehead atoms. The maximum Gasteiger partial charge on any atom is 0.316 e. The summed E-state index contributed by atoms with van der Waals surface area (Å²) in [6.07, 6.45) is 0. The Bertz CT molecular complexity index is 749. The summed E-state index contributed by atoms with van der Waals surface area (Å²) in [4.78, 5) is 36.5. The number of pyridine rings is 1. The van der Waals surface area contributed by atoms with Crippen LogP contribution in [0.25, 0.3) is 10.2 Å². The van der Waals surface area contributed by atoms with Crippen LogP contribution in [0.4, 0.5) is 0 Å². The van der Waals surface area contributed by atoms with E-state index in [9.17, 15) is 19.5 Å². The molecule has 4 N–H and O–H groups in total. The quantitative estimate of drug-likeness (QED) is 0.563. The van der Waals surface area contributed by atoms with Crippen molar-refractivity contribution in [2.24, 2.45) is 5.73 Å². The number of aromatic hydroxyl groups is 1. The van der Waals surface area contributed by atoms with Gasteiger partial charge in [-0.15, -0.1) is 23.1 Å². The first-order chi connectivity index (χ1) is 9.43. The Morgan fingerprint density at radius 2 is 2.25 bits per heavy atom. The highest BCUT2D eigenvalue weighted by atomic mass is 32.2. The van der Waals surface area contributed by atoms with Gasteiger partial charge in [0.1, 0.15) is 5.75 Å². The second-order valence-corrected chi connectivity index (χ2v) is 5.98. The molecule has 0 aliphatic heterocycles. The number of amides is 1. The second kappa shape index (κ2) is 5.55. The Morgan fingerprint density at radius 1 is 1.55 bits per heavy atom. The zero-order valence-electron chi connectivity index (χ0n) is 10.3. The molecule has 106 valence electrons. The highest BCUT2D eigenvalue weighted by Gasteiger charge is 2.21. The molecule has 0 saturated heterocycles. The Labute approximate surface area is 120 Å². The van der Waals surface area contributed by atoms with Gasteiger partial charge in [0.05, 0.1) is 32.9 Å². The first kappa shape index (κ1) is 14.4. The number of carbonyl (C=O) groups excluding carboxylic acids is 2. The van der Waals surface area contributed by atoms with Crippen molar-refractivity contribution in [2.45, 2.75) is 4.21 Å². The van der Waals surface area contributed by atoms with Crippen LogP contribution < -0.4 is 11.3 Å². The van der Waals surface area contributed by atoms with Crippen molar-refractivity contribution in [1.82, 2.24) is 4.98 Å². The summed E-state index contributed by atoms with van der Waals surface area (Å²) in [5, 5.41) is 9.73. The maximum atomic E-state index is 11.5. The minimum atomic E-state index is -0.745. The third-order valence-corrected chi connectivity index (χ3v) is 4.88. The van der Waals surface area contributed by atoms with Crippen molar-refractivity contribution in [3.63, 3.8) is 0 Å². The van der Waals surface area contributed by atoms with Gasteiger partial charge in [0.2, 0.25) is 0 Å². The highest BCUT2D eigenvalue weighted by molar-refractivity contribution is 8.02. The summed E-state index contributed by atoms with van der Waals surface area (Å²) in [6.45, 7) is 0. The third kappa shape index (κ3) is 2.63. The van der Waals surface area contributed by atoms with E-state index < -0.39 is 17.4 Å². The van der Waals surface area contributed by atoms with E-state index in [1.165, 1.54) is 7.11 Å². The van der Waals surface area contributed by atoms with Gasteiger partial charge < -0.3 is 20.6 Å². The average molecular weight is 314 g/mol. The predicted octanol–water partition coefficient (Wildman–Crippen LogP) is 0.659. The van der Waals surface area contributed by atoms with E-state index in [4.69, 9.17) is 5.73 Å². The number of hydrogen-bond donors (Lipinski definition) is 3. The smallest absolute Gasteiger partial charge is 0.316 e. The lowest BCUT2D eigenvalue weighted by Gasteiger charge is -2.00. The summed E-state index contributed by atoms with van der Waals surface area (Å²) in [5.74, 6) is -1.44. The summed E-state index contributed by atoms with van der Waals surface area (Å²) in [6, 6.07) is 1.01. The van der Waals surface area contributed by atoms with Gasteiger partial charge in [-0.05, 0) is 0 Å². The minimum absolute atomic E-state index is 0.00536. The van der Waals surface area contributed by atoms with Gasteiger partial charge >= 0.3 is 5.97 Å². The van der Waals surface area contributed by atoms with Crippen LogP contribution in [0.15, 0.2) is 15.1 Å². The Kier molecular flexibility index (Phi) is 4.00. The van der Waals surface area contributed by atoms with Gasteiger partial charge in [-0.3, -0.25) is 14.4 Å². The van der Waals surface area contributed by atoms with Gasteiger partial charge in [-0.2, -0.15) is 0 Å². The topological polar surface area (TPSA) is 122 Å². The maximum absolute atomic E-state index is 11.5. The molecule has 2 rings (SSSR count). The number of thiophene rings is 1. The number of nitrogens with one attached hydrogen (secondary N) is 1. The van der Waals surface area contributed by atoms with Gasteiger partial charge in [0, 0.05) is 6.07 Å². The fraction of sp³-hybridized carbons (Fsp3) is 0.182. The zero-order valence-corrected chi connectivity index (χ0v) is 11.9. The number of primary amides is 1. The van der Waals surface area contributed by atoms with Gasteiger partial charge in [0.25, 0.3) is 11.5 Å². The summed E-state index contributed by atoms with van der Waals surface area (Å²) in [7, 11) is 1.26. The van der Waals surface area contributed by atoms with Gasteiger partial charge in [-0.1, -0.05) is 0 Å². The van der Waals surface area contributed by atoms with Crippen molar-refractivity contribution in [1.29, 1.82) is 0 Å². The molecule has 2 aromatic heterocycles. The molecule has 9 heteroatoms. The van der Waals surface area contributed by atoms with Crippen LogP contribution in [0.5, 0.6) is 5.75 Å². The number of methoxy groups -OCH3 is 1. The number of fused-ring (bicyclic) bond motifs is 1. The normalized spacial score (nSPS) is 10.7. The van der Waals surface area contributed by atoms with E-state index in [2.05, 4.69) is 9.72 Å². The number of nitrogens with two attached hydrogens (primary N) is 1. The number of ether oxygens (including phenoxy) is 1. The van der Waals surface area contributed by atoms with Crippen LogP contribution in [-0.4, -0.2) is 34.8 Å². The molecule has 0 saturated carbocycles. The first-order valence-electron chi connectivity index (χ1n) is 5.32. The Hall–Kier alpha value is -2.00. The number of thioether (sulfide) groups is 1. The van der Waals surface area contributed by atoms with Crippen molar-refractivity contribution < 1.29 is 19.4 Å². The number of esters is 1. The third-order valence-electron chi connectivity index (χ3n) is 2.42. The molecule has 0 radical (unpaired) electrons. The van der Waals surface area contributed by atoms with E-state index in [0.717, 1.165) is 29.2 Å². The van der Waals surface area contributed by atoms with E-state index in [1.807, 2.05) is 0 Å². The summed E-state index contributed by atoms with van der Waals surface area (Å²) in [5.41, 5.74) is 5.03. The molecule has 1 amide bonds. The van der Waals surface area contributed by atoms with Crippen LogP contribution >= 0.6 is 23.1 Å². The summed E-state index contributed by atoms with van der Waals surface area (Å²) < 4.78 is 5.29. The van der Waals surface area contributed by atoms with E-state index in [1.54, 1.807) is 0 Å². The summed E-state index contributed by atoms with van der Waals surface area (Å²) >= 11 is 2.13. The molecule has 0 fully saturated rings. The standard InChI is InChI=1S/C11H10N2O5S2/c1-18-6(16)3-19-11-7(10(12)17)8-9(20-11)4(14)2-5(15)13-8/h2H,3H2,1H3,(H2,12,17)(H2,13,14,15). The average Bonchev–Trinajstić information content (AvgIpc) is 2.74. The fourth-order valence-electron chi connectivity index (χ4n) is 1.57. The number of rotatable bonds is 4. The number of aromatic amines is 1. The van der Waals surface area contributed by atoms with Crippen molar-refractivity contribution in [3.05, 3.63) is 22.0 Å². The first-order valence-corrected chi connectivity index (χ1v) is 7.12. The number of H-pyrrole nitrogens is 1. The monoisotopic (exact) mass is 314 g/mol. The predicted molar refractivity (Wildman–Crippen MR) is 75.4 cm³/mol. The lowest BCUT2D eigenvalue weighted by atomic mass is 10.2. The van der Waals surface area contributed by atoms with Crippen molar-refractivity contribution in [3.8, 4) is 5.75 Å². The van der Waals surface area contributed by atoms with Crippen LogP contribution in [0.2, 0.25) is 0 Å². The molecule has 2 aromatic rings. The number of carbonyl (C=O) groups is 2. The largest absolute Gasteiger partial charge is 0.506 e. The number of aromatic nitrogens is 1. The molecule has 0 aromatic carbocycles. The van der Waals surface area contributed by atoms with Crippen LogP contribution in [-0.2, 0) is 9.53 Å². The SMILES string of the molecule is COC(=O)CSc1sc2c(O)cc(=O)[nH]c2c1C(N)=O. The van der Waals surface area contributed by atoms with E-state index >= 15 is 0 Å². The molecule has 0 spiro atoms. The van der Waals surface area contributed by atoms with Crippen LogP contribution in [0.3, 0.4) is 0 Å². The molecule has 20 heavy (non-hydrogen) atoms. The minimum Gasteiger partial charge on any atom is -0.506 e. The van der Waals surface area contributed by atoms with Gasteiger partial charge in [-0.25, -0.2) is 0 Å². The highest BCUT2D eigenvalue weighted by Crippen LogP contribution is 2.40. The Balaban J connectivity index is 2.56. The Morgan fingerprint density at radius 3 is 2.85 bits per heavy atom. The van der Waals surface area contributed by atoms with E-state index in [-0.39, 0.29) is 22.6 Å². The second-order valence-electron chi connectivity index (χ2n) is 3.72. The van der Waals surface area contributed by atoms with Crippen LogP contribution in [0, 0.1) is 0 Å². The molecule has 0 aliphatic rings. The lowest BCUT2D eigenvalue weighted by Crippen LogP contribution is -2.13. The molecule has 7 nitrogen and oxygen atoms in total. The number of hydrogen-bond acceptors (Lipinski definition) is 7. The molecular weight excluding hydrogens is 304 g/mol. The molecular formula is C11H10N2O5S2. The van der Waals surface area contributed by atoms with Crippen molar-refractivity contribution in [2.75, 3.05) is 12.9 Å². The fourth-order valence-corrected chi connectivity index (χ4v) is 3.85. The van der Waals surface area contributed by atoms with Crippen molar-refractivity contribution >= 4 is 45.2 Å². The molecule has 0 atom stereocenters. The lowest BCUT2D eigenvalue weighted by molar-refractivity contribution is -0.137. The zero-order chi connectivity index (χ0) is 14.9. The van der Waals surface area contributed by atoms with Gasteiger partial charge in [0.15, 0.2) is 0 Å². The van der Waals surface area contributed by atoms with E-state index in [0.29, 0.717) is 8.91 Å².